The Hall–Kier alpha value is -2.12. The summed E-state index contributed by atoms with van der Waals surface area (Å²) in [6.45, 7) is 2.01. The van der Waals surface area contributed by atoms with Crippen molar-refractivity contribution in [3.63, 3.8) is 0 Å². The quantitative estimate of drug-likeness (QED) is 0.531. The van der Waals surface area contributed by atoms with Gasteiger partial charge in [-0.25, -0.2) is 0 Å². The summed E-state index contributed by atoms with van der Waals surface area (Å²) in [5, 5.41) is 14.7. The predicted molar refractivity (Wildman–Crippen MR) is 118 cm³/mol. The molecule has 2 aromatic heterocycles. The van der Waals surface area contributed by atoms with Crippen molar-refractivity contribution in [2.75, 3.05) is 5.75 Å². The van der Waals surface area contributed by atoms with Crippen molar-refractivity contribution in [3.8, 4) is 0 Å². The molecule has 1 amide bonds. The summed E-state index contributed by atoms with van der Waals surface area (Å²) < 4.78 is 2.24. The van der Waals surface area contributed by atoms with Crippen LogP contribution in [0.3, 0.4) is 0 Å². The summed E-state index contributed by atoms with van der Waals surface area (Å²) in [4.78, 5) is 13.9. The van der Waals surface area contributed by atoms with Gasteiger partial charge in [-0.1, -0.05) is 67.4 Å². The third-order valence-electron chi connectivity index (χ3n) is 5.37. The van der Waals surface area contributed by atoms with Crippen LogP contribution in [0, 0.1) is 6.92 Å². The first-order valence-corrected chi connectivity index (χ1v) is 12.0. The van der Waals surface area contributed by atoms with Crippen LogP contribution in [0.2, 0.25) is 0 Å². The Morgan fingerprint density at radius 1 is 1.17 bits per heavy atom. The molecule has 152 valence electrons. The lowest BCUT2D eigenvalue weighted by molar-refractivity contribution is -0.119. The van der Waals surface area contributed by atoms with E-state index in [-0.39, 0.29) is 11.9 Å². The van der Waals surface area contributed by atoms with E-state index >= 15 is 0 Å². The van der Waals surface area contributed by atoms with Crippen LogP contribution in [0.4, 0.5) is 0 Å². The molecule has 0 unspecified atom stereocenters. The number of nitrogens with one attached hydrogen (secondary N) is 1. The van der Waals surface area contributed by atoms with Gasteiger partial charge < -0.3 is 9.88 Å². The Bertz CT molecular complexity index is 918. The maximum atomic E-state index is 12.8. The van der Waals surface area contributed by atoms with E-state index < -0.39 is 0 Å². The largest absolute Gasteiger partial charge is 0.344 e. The molecule has 1 N–H and O–H groups in total. The van der Waals surface area contributed by atoms with E-state index in [1.807, 2.05) is 36.6 Å². The summed E-state index contributed by atoms with van der Waals surface area (Å²) in [5.74, 6) is 1.29. The van der Waals surface area contributed by atoms with Crippen molar-refractivity contribution in [2.24, 2.45) is 0 Å². The average Bonchev–Trinajstić information content (AvgIpc) is 3.42. The van der Waals surface area contributed by atoms with E-state index in [1.165, 1.54) is 43.9 Å². The summed E-state index contributed by atoms with van der Waals surface area (Å²) in [6.07, 6.45) is 6.17. The first kappa shape index (κ1) is 20.2. The third kappa shape index (κ3) is 4.90. The average molecular weight is 427 g/mol. The van der Waals surface area contributed by atoms with Crippen LogP contribution in [-0.4, -0.2) is 26.4 Å². The highest BCUT2D eigenvalue weighted by Gasteiger charge is 2.23. The molecule has 1 atom stereocenters. The van der Waals surface area contributed by atoms with Crippen molar-refractivity contribution < 1.29 is 4.79 Å². The second-order valence-corrected chi connectivity index (χ2v) is 9.33. The normalized spacial score (nSPS) is 15.9. The van der Waals surface area contributed by atoms with Crippen LogP contribution in [0.25, 0.3) is 0 Å². The van der Waals surface area contributed by atoms with Crippen LogP contribution in [0.5, 0.6) is 0 Å². The zero-order chi connectivity index (χ0) is 20.1. The maximum Gasteiger partial charge on any atom is 0.231 e. The molecule has 0 spiro atoms. The number of hydrogen-bond donors (Lipinski definition) is 1. The number of amides is 1. The fourth-order valence-corrected chi connectivity index (χ4v) is 5.63. The molecule has 2 heterocycles. The van der Waals surface area contributed by atoms with Crippen molar-refractivity contribution in [1.29, 1.82) is 0 Å². The molecule has 5 nitrogen and oxygen atoms in total. The van der Waals surface area contributed by atoms with E-state index in [9.17, 15) is 4.79 Å². The molecule has 4 rings (SSSR count). The van der Waals surface area contributed by atoms with Gasteiger partial charge in [0.25, 0.3) is 0 Å². The molecule has 29 heavy (non-hydrogen) atoms. The number of rotatable bonds is 7. The zero-order valence-electron chi connectivity index (χ0n) is 16.6. The van der Waals surface area contributed by atoms with E-state index in [4.69, 9.17) is 0 Å². The van der Waals surface area contributed by atoms with Gasteiger partial charge in [0.15, 0.2) is 5.16 Å². The van der Waals surface area contributed by atoms with Gasteiger partial charge in [0.2, 0.25) is 5.91 Å². The van der Waals surface area contributed by atoms with E-state index in [2.05, 4.69) is 38.3 Å². The number of thiophene rings is 1. The number of carbonyl (C=O) groups excluding carboxylic acids is 1. The Morgan fingerprint density at radius 3 is 2.69 bits per heavy atom. The van der Waals surface area contributed by atoms with Crippen LogP contribution in [0.15, 0.2) is 53.0 Å². The number of thioether (sulfide) groups is 1. The lowest BCUT2D eigenvalue weighted by Gasteiger charge is -2.25. The number of hydrogen-bond acceptors (Lipinski definition) is 5. The number of aromatic nitrogens is 3. The minimum absolute atomic E-state index is 0.00750. The predicted octanol–water partition coefficient (Wildman–Crippen LogP) is 5.15. The second kappa shape index (κ2) is 9.59. The molecule has 0 saturated heterocycles. The summed E-state index contributed by atoms with van der Waals surface area (Å²) in [6, 6.07) is 14.5. The molecule has 0 aliphatic heterocycles. The molecule has 7 heteroatoms. The molecular weight excluding hydrogens is 400 g/mol. The molecule has 1 fully saturated rings. The molecule has 0 bridgehead atoms. The highest BCUT2D eigenvalue weighted by atomic mass is 32.2. The third-order valence-corrected chi connectivity index (χ3v) is 7.25. The summed E-state index contributed by atoms with van der Waals surface area (Å²) >= 11 is 3.14. The zero-order valence-corrected chi connectivity index (χ0v) is 18.2. The monoisotopic (exact) mass is 426 g/mol. The first-order chi connectivity index (χ1) is 14.2. The van der Waals surface area contributed by atoms with Crippen molar-refractivity contribution in [3.05, 3.63) is 64.1 Å². The lowest BCUT2D eigenvalue weighted by Crippen LogP contribution is -2.30. The minimum atomic E-state index is -0.123. The number of aryl methyl sites for hydroxylation is 1. The molecule has 1 aliphatic carbocycles. The van der Waals surface area contributed by atoms with Crippen molar-refractivity contribution >= 4 is 29.0 Å². The topological polar surface area (TPSA) is 59.8 Å². The van der Waals surface area contributed by atoms with Gasteiger partial charge in [0, 0.05) is 10.9 Å². The Morgan fingerprint density at radius 2 is 1.97 bits per heavy atom. The fraction of sp³-hybridized carbons (Fsp3) is 0.409. The van der Waals surface area contributed by atoms with E-state index in [0.29, 0.717) is 11.8 Å². The van der Waals surface area contributed by atoms with Gasteiger partial charge in [0.05, 0.1) is 11.8 Å². The SMILES string of the molecule is Cc1nnc(SCC(=O)N[C@H](c2ccccc2)c2cccs2)n1C1CCCCC1. The van der Waals surface area contributed by atoms with Gasteiger partial charge in [-0.05, 0) is 36.8 Å². The number of carbonyl (C=O) groups is 1. The lowest BCUT2D eigenvalue weighted by atomic mass is 9.95. The summed E-state index contributed by atoms with van der Waals surface area (Å²) in [5.41, 5.74) is 1.09. The molecule has 1 saturated carbocycles. The smallest absolute Gasteiger partial charge is 0.231 e. The van der Waals surface area contributed by atoms with Crippen molar-refractivity contribution in [2.45, 2.75) is 56.3 Å². The molecule has 0 radical (unpaired) electrons. The fourth-order valence-electron chi connectivity index (χ4n) is 3.96. The van der Waals surface area contributed by atoms with Gasteiger partial charge in [-0.2, -0.15) is 0 Å². The van der Waals surface area contributed by atoms with Gasteiger partial charge in [0.1, 0.15) is 5.82 Å². The molecular formula is C22H26N4OS2. The van der Waals surface area contributed by atoms with Crippen LogP contribution >= 0.6 is 23.1 Å². The Kier molecular flexibility index (Phi) is 6.67. The van der Waals surface area contributed by atoms with E-state index in [1.54, 1.807) is 11.3 Å². The minimum Gasteiger partial charge on any atom is -0.344 e. The number of nitrogens with zero attached hydrogens (tertiary/aromatic N) is 3. The summed E-state index contributed by atoms with van der Waals surface area (Å²) in [7, 11) is 0. The van der Waals surface area contributed by atoms with Gasteiger partial charge >= 0.3 is 0 Å². The Labute approximate surface area is 179 Å². The number of benzene rings is 1. The molecule has 1 aliphatic rings. The van der Waals surface area contributed by atoms with Gasteiger partial charge in [-0.3, -0.25) is 4.79 Å². The molecule has 3 aromatic rings. The van der Waals surface area contributed by atoms with Gasteiger partial charge in [-0.15, -0.1) is 21.5 Å². The highest BCUT2D eigenvalue weighted by Crippen LogP contribution is 2.32. The van der Waals surface area contributed by atoms with Crippen LogP contribution < -0.4 is 5.32 Å². The van der Waals surface area contributed by atoms with E-state index in [0.717, 1.165) is 21.4 Å². The second-order valence-electron chi connectivity index (χ2n) is 7.41. The standard InChI is InChI=1S/C22H26N4OS2/c1-16-24-25-22(26(16)18-11-6-3-7-12-18)29-15-20(27)23-21(19-13-8-14-28-19)17-9-4-2-5-10-17/h2,4-5,8-10,13-14,18,21H,3,6-7,11-12,15H2,1H3,(H,23,27)/t21-/m1/s1. The van der Waals surface area contributed by atoms with Crippen molar-refractivity contribution in [1.82, 2.24) is 20.1 Å². The first-order valence-electron chi connectivity index (χ1n) is 10.1. The van der Waals surface area contributed by atoms with Crippen LogP contribution in [-0.2, 0) is 4.79 Å². The molecule has 1 aromatic carbocycles. The highest BCUT2D eigenvalue weighted by molar-refractivity contribution is 7.99. The Balaban J connectivity index is 1.43. The maximum absolute atomic E-state index is 12.8. The van der Waals surface area contributed by atoms with Crippen LogP contribution in [0.1, 0.15) is 60.5 Å².